The van der Waals surface area contributed by atoms with Crippen molar-refractivity contribution in [3.05, 3.63) is 59.4 Å². The third-order valence-corrected chi connectivity index (χ3v) is 8.54. The number of hydrogen-bond acceptors (Lipinski definition) is 5. The number of anilines is 1. The molecule has 9 heteroatoms. The van der Waals surface area contributed by atoms with Gasteiger partial charge in [0.1, 0.15) is 5.82 Å². The number of aromatic nitrogens is 3. The number of benzene rings is 2. The van der Waals surface area contributed by atoms with E-state index in [4.69, 9.17) is 0 Å². The molecular formula is C25H29N5O3S. The van der Waals surface area contributed by atoms with Crippen molar-refractivity contribution in [1.29, 1.82) is 0 Å². The van der Waals surface area contributed by atoms with Crippen molar-refractivity contribution >= 4 is 21.6 Å². The standard InChI is InChI=1S/C25H29N5O3S/c1-18-11-12-21(34(32,33)29-13-5-6-14-29)17-22(18)25(31)26-20-9-7-8-19(16-20)24-28-27-23-10-3-2-4-15-30(23)24/h7-9,11-12,16-17H,2-6,10,13-15H2,1H3,(H,26,31). The molecule has 0 unspecified atom stereocenters. The van der Waals surface area contributed by atoms with Crippen LogP contribution in [0, 0.1) is 6.92 Å². The molecule has 2 aliphatic rings. The van der Waals surface area contributed by atoms with Crippen LogP contribution in [0.15, 0.2) is 47.4 Å². The van der Waals surface area contributed by atoms with Gasteiger partial charge in [0.05, 0.1) is 4.90 Å². The highest BCUT2D eigenvalue weighted by Crippen LogP contribution is 2.26. The van der Waals surface area contributed by atoms with E-state index in [0.29, 0.717) is 24.3 Å². The Labute approximate surface area is 200 Å². The monoisotopic (exact) mass is 479 g/mol. The second kappa shape index (κ2) is 9.31. The Morgan fingerprint density at radius 2 is 1.74 bits per heavy atom. The lowest BCUT2D eigenvalue weighted by Crippen LogP contribution is -2.28. The zero-order valence-electron chi connectivity index (χ0n) is 19.3. The van der Waals surface area contributed by atoms with Crippen LogP contribution in [0.25, 0.3) is 11.4 Å². The predicted molar refractivity (Wildman–Crippen MR) is 130 cm³/mol. The smallest absolute Gasteiger partial charge is 0.255 e. The number of aryl methyl sites for hydroxylation is 2. The molecule has 1 fully saturated rings. The minimum Gasteiger partial charge on any atom is -0.322 e. The van der Waals surface area contributed by atoms with Gasteiger partial charge in [0, 0.05) is 42.9 Å². The fourth-order valence-corrected chi connectivity index (χ4v) is 6.26. The Balaban J connectivity index is 1.40. The maximum Gasteiger partial charge on any atom is 0.255 e. The molecule has 0 atom stereocenters. The van der Waals surface area contributed by atoms with Crippen molar-refractivity contribution in [2.75, 3.05) is 18.4 Å². The summed E-state index contributed by atoms with van der Waals surface area (Å²) >= 11 is 0. The molecule has 1 amide bonds. The summed E-state index contributed by atoms with van der Waals surface area (Å²) in [6, 6.07) is 12.3. The summed E-state index contributed by atoms with van der Waals surface area (Å²) in [5.41, 5.74) is 2.58. The molecule has 1 saturated heterocycles. The summed E-state index contributed by atoms with van der Waals surface area (Å²) in [5.74, 6) is 1.48. The summed E-state index contributed by atoms with van der Waals surface area (Å²) in [4.78, 5) is 13.3. The first-order chi connectivity index (χ1) is 16.4. The first kappa shape index (κ1) is 22.7. The number of fused-ring (bicyclic) bond motifs is 1. The highest BCUT2D eigenvalue weighted by Gasteiger charge is 2.28. The van der Waals surface area contributed by atoms with Gasteiger partial charge >= 0.3 is 0 Å². The van der Waals surface area contributed by atoms with Gasteiger partial charge in [-0.15, -0.1) is 10.2 Å². The summed E-state index contributed by atoms with van der Waals surface area (Å²) in [5, 5.41) is 11.7. The molecular weight excluding hydrogens is 450 g/mol. The van der Waals surface area contributed by atoms with Crippen molar-refractivity contribution in [2.24, 2.45) is 0 Å². The van der Waals surface area contributed by atoms with Crippen molar-refractivity contribution in [3.63, 3.8) is 0 Å². The number of nitrogens with zero attached hydrogens (tertiary/aromatic N) is 4. The number of hydrogen-bond donors (Lipinski definition) is 1. The third kappa shape index (κ3) is 4.37. The molecule has 2 aromatic carbocycles. The van der Waals surface area contributed by atoms with Crippen LogP contribution in [0.2, 0.25) is 0 Å². The van der Waals surface area contributed by atoms with Crippen LogP contribution < -0.4 is 5.32 Å². The SMILES string of the molecule is Cc1ccc(S(=O)(=O)N2CCCC2)cc1C(=O)Nc1cccc(-c2nnc3n2CCCCC3)c1. The van der Waals surface area contributed by atoms with Crippen LogP contribution in [0.1, 0.15) is 53.8 Å². The van der Waals surface area contributed by atoms with Gasteiger partial charge in [-0.2, -0.15) is 4.31 Å². The highest BCUT2D eigenvalue weighted by atomic mass is 32.2. The van der Waals surface area contributed by atoms with Gasteiger partial charge in [-0.25, -0.2) is 8.42 Å². The lowest BCUT2D eigenvalue weighted by Gasteiger charge is -2.17. The van der Waals surface area contributed by atoms with Crippen molar-refractivity contribution in [3.8, 4) is 11.4 Å². The predicted octanol–water partition coefficient (Wildman–Crippen LogP) is 4.02. The van der Waals surface area contributed by atoms with Crippen molar-refractivity contribution in [1.82, 2.24) is 19.1 Å². The summed E-state index contributed by atoms with van der Waals surface area (Å²) in [7, 11) is -3.60. The second-order valence-corrected chi connectivity index (χ2v) is 11.0. The highest BCUT2D eigenvalue weighted by molar-refractivity contribution is 7.89. The van der Waals surface area contributed by atoms with Gasteiger partial charge in [0.15, 0.2) is 5.82 Å². The number of rotatable bonds is 5. The molecule has 3 heterocycles. The van der Waals surface area contributed by atoms with E-state index in [-0.39, 0.29) is 10.8 Å². The van der Waals surface area contributed by atoms with Gasteiger partial charge in [-0.1, -0.05) is 24.6 Å². The summed E-state index contributed by atoms with van der Waals surface area (Å²) < 4.78 is 29.6. The van der Waals surface area contributed by atoms with E-state index in [1.807, 2.05) is 31.2 Å². The lowest BCUT2D eigenvalue weighted by molar-refractivity contribution is 0.102. The van der Waals surface area contributed by atoms with E-state index < -0.39 is 10.0 Å². The average molecular weight is 480 g/mol. The molecule has 1 N–H and O–H groups in total. The van der Waals surface area contributed by atoms with Gasteiger partial charge < -0.3 is 9.88 Å². The number of sulfonamides is 1. The van der Waals surface area contributed by atoms with Gasteiger partial charge in [0.25, 0.3) is 5.91 Å². The van der Waals surface area contributed by atoms with Gasteiger partial charge in [0.2, 0.25) is 10.0 Å². The quantitative estimate of drug-likeness (QED) is 0.596. The van der Waals surface area contributed by atoms with Crippen LogP contribution in [-0.4, -0.2) is 46.5 Å². The molecule has 5 rings (SSSR count). The van der Waals surface area contributed by atoms with Crippen LogP contribution in [0.4, 0.5) is 5.69 Å². The molecule has 178 valence electrons. The molecule has 8 nitrogen and oxygen atoms in total. The number of amides is 1. The maximum atomic E-state index is 13.2. The van der Waals surface area contributed by atoms with E-state index in [2.05, 4.69) is 20.1 Å². The average Bonchev–Trinajstić information content (AvgIpc) is 3.46. The third-order valence-electron chi connectivity index (χ3n) is 6.64. The van der Waals surface area contributed by atoms with E-state index in [1.165, 1.54) is 16.8 Å². The van der Waals surface area contributed by atoms with Crippen LogP contribution in [0.3, 0.4) is 0 Å². The molecule has 1 aromatic heterocycles. The Kier molecular flexibility index (Phi) is 6.22. The Bertz CT molecular complexity index is 1330. The lowest BCUT2D eigenvalue weighted by atomic mass is 10.1. The fraction of sp³-hybridized carbons (Fsp3) is 0.400. The van der Waals surface area contributed by atoms with Crippen LogP contribution in [0.5, 0.6) is 0 Å². The number of carbonyl (C=O) groups excluding carboxylic acids is 1. The molecule has 3 aromatic rings. The second-order valence-electron chi connectivity index (χ2n) is 9.02. The summed E-state index contributed by atoms with van der Waals surface area (Å²) in [6.45, 7) is 3.75. The number of carbonyl (C=O) groups is 1. The number of nitrogens with one attached hydrogen (secondary N) is 1. The van der Waals surface area contributed by atoms with Gasteiger partial charge in [-0.3, -0.25) is 4.79 Å². The molecule has 0 radical (unpaired) electrons. The molecule has 34 heavy (non-hydrogen) atoms. The topological polar surface area (TPSA) is 97.2 Å². The normalized spacial score (nSPS) is 16.7. The Hall–Kier alpha value is -3.04. The molecule has 2 aliphatic heterocycles. The van der Waals surface area contributed by atoms with Crippen molar-refractivity contribution < 1.29 is 13.2 Å². The van der Waals surface area contributed by atoms with E-state index >= 15 is 0 Å². The maximum absolute atomic E-state index is 13.2. The minimum atomic E-state index is -3.60. The van der Waals surface area contributed by atoms with E-state index in [0.717, 1.165) is 61.4 Å². The Morgan fingerprint density at radius 3 is 2.56 bits per heavy atom. The zero-order chi connectivity index (χ0) is 23.7. The Morgan fingerprint density at radius 1 is 0.941 bits per heavy atom. The first-order valence-electron chi connectivity index (χ1n) is 11.9. The molecule has 0 bridgehead atoms. The van der Waals surface area contributed by atoms with E-state index in [9.17, 15) is 13.2 Å². The largest absolute Gasteiger partial charge is 0.322 e. The molecule has 0 aliphatic carbocycles. The van der Waals surface area contributed by atoms with Crippen LogP contribution in [-0.2, 0) is 23.0 Å². The molecule has 0 saturated carbocycles. The molecule has 0 spiro atoms. The van der Waals surface area contributed by atoms with Crippen molar-refractivity contribution in [2.45, 2.75) is 56.9 Å². The van der Waals surface area contributed by atoms with E-state index in [1.54, 1.807) is 12.1 Å². The minimum absolute atomic E-state index is 0.157. The van der Waals surface area contributed by atoms with Gasteiger partial charge in [-0.05, 0) is 62.4 Å². The summed E-state index contributed by atoms with van der Waals surface area (Å²) in [6.07, 6.45) is 6.07. The van der Waals surface area contributed by atoms with Crippen LogP contribution >= 0.6 is 0 Å². The first-order valence-corrected chi connectivity index (χ1v) is 13.3. The fourth-order valence-electron chi connectivity index (χ4n) is 4.72. The zero-order valence-corrected chi connectivity index (χ0v) is 20.1.